The second-order valence-corrected chi connectivity index (χ2v) is 6.57. The molecule has 1 fully saturated rings. The lowest BCUT2D eigenvalue weighted by Gasteiger charge is -2.36. The molecule has 0 unspecified atom stereocenters. The molecular formula is C20H22N6O2. The van der Waals surface area contributed by atoms with Gasteiger partial charge in [-0.1, -0.05) is 6.58 Å². The molecule has 144 valence electrons. The highest BCUT2D eigenvalue weighted by Crippen LogP contribution is 2.24. The molecule has 0 radical (unpaired) electrons. The third kappa shape index (κ3) is 3.74. The van der Waals surface area contributed by atoms with Gasteiger partial charge in [-0.15, -0.1) is 0 Å². The molecule has 1 aliphatic rings. The number of nitriles is 1. The van der Waals surface area contributed by atoms with E-state index in [2.05, 4.69) is 28.0 Å². The highest BCUT2D eigenvalue weighted by Gasteiger charge is 2.26. The van der Waals surface area contributed by atoms with Crippen LogP contribution in [0.5, 0.6) is 0 Å². The van der Waals surface area contributed by atoms with E-state index in [9.17, 15) is 14.9 Å². The van der Waals surface area contributed by atoms with Crippen LogP contribution in [0, 0.1) is 18.3 Å². The Morgan fingerprint density at radius 3 is 2.43 bits per heavy atom. The Morgan fingerprint density at radius 2 is 1.86 bits per heavy atom. The zero-order valence-electron chi connectivity index (χ0n) is 16.0. The fraction of sp³-hybridized carbons (Fsp3) is 0.300. The summed E-state index contributed by atoms with van der Waals surface area (Å²) < 4.78 is 1.72. The maximum Gasteiger partial charge on any atom is 0.253 e. The van der Waals surface area contributed by atoms with Gasteiger partial charge in [0.05, 0.1) is 5.69 Å². The van der Waals surface area contributed by atoms with E-state index in [1.165, 1.54) is 6.08 Å². The van der Waals surface area contributed by atoms with Crippen molar-refractivity contribution in [1.82, 2.24) is 14.7 Å². The van der Waals surface area contributed by atoms with E-state index in [4.69, 9.17) is 0 Å². The Hall–Kier alpha value is -3.60. The predicted octanol–water partition coefficient (Wildman–Crippen LogP) is 1.69. The fourth-order valence-corrected chi connectivity index (χ4v) is 3.33. The molecule has 3 rings (SSSR count). The lowest BCUT2D eigenvalue weighted by molar-refractivity contribution is -0.111. The minimum atomic E-state index is -0.294. The van der Waals surface area contributed by atoms with E-state index in [0.717, 1.165) is 5.82 Å². The second-order valence-electron chi connectivity index (χ2n) is 6.57. The Bertz CT molecular complexity index is 946. The number of aryl methyl sites for hydroxylation is 2. The van der Waals surface area contributed by atoms with Crippen LogP contribution in [-0.4, -0.2) is 52.7 Å². The van der Waals surface area contributed by atoms with E-state index >= 15 is 0 Å². The SMILES string of the molecule is C=CC(=O)Nc1ccc(C(=O)N2CCN(c3c(C#N)c(C)nn3C)CC2)cc1. The number of aromatic nitrogens is 2. The summed E-state index contributed by atoms with van der Waals surface area (Å²) in [6.45, 7) is 7.61. The van der Waals surface area contributed by atoms with Gasteiger partial charge in [0.1, 0.15) is 17.5 Å². The van der Waals surface area contributed by atoms with Gasteiger partial charge in [-0.05, 0) is 37.3 Å². The van der Waals surface area contributed by atoms with E-state index in [1.54, 1.807) is 33.8 Å². The van der Waals surface area contributed by atoms with Crippen LogP contribution in [0.2, 0.25) is 0 Å². The van der Waals surface area contributed by atoms with Crippen molar-refractivity contribution in [2.75, 3.05) is 36.4 Å². The van der Waals surface area contributed by atoms with Crippen LogP contribution in [0.1, 0.15) is 21.6 Å². The number of benzene rings is 1. The zero-order valence-corrected chi connectivity index (χ0v) is 16.0. The Balaban J connectivity index is 1.65. The van der Waals surface area contributed by atoms with Crippen molar-refractivity contribution in [3.8, 4) is 6.07 Å². The molecule has 0 spiro atoms. The summed E-state index contributed by atoms with van der Waals surface area (Å²) >= 11 is 0. The molecule has 1 aromatic heterocycles. The maximum atomic E-state index is 12.8. The Labute approximate surface area is 163 Å². The molecule has 1 aromatic carbocycles. The summed E-state index contributed by atoms with van der Waals surface area (Å²) in [6, 6.07) is 9.02. The molecule has 8 nitrogen and oxygen atoms in total. The van der Waals surface area contributed by atoms with Crippen molar-refractivity contribution < 1.29 is 9.59 Å². The quantitative estimate of drug-likeness (QED) is 0.817. The summed E-state index contributed by atoms with van der Waals surface area (Å²) in [5.41, 5.74) is 2.47. The molecule has 2 heterocycles. The molecule has 0 atom stereocenters. The molecule has 0 saturated carbocycles. The summed E-state index contributed by atoms with van der Waals surface area (Å²) in [7, 11) is 1.83. The number of amides is 2. The minimum Gasteiger partial charge on any atom is -0.352 e. The van der Waals surface area contributed by atoms with Crippen LogP contribution >= 0.6 is 0 Å². The van der Waals surface area contributed by atoms with E-state index < -0.39 is 0 Å². The number of nitrogens with one attached hydrogen (secondary N) is 1. The average Bonchev–Trinajstić information content (AvgIpc) is 3.00. The average molecular weight is 378 g/mol. The molecule has 28 heavy (non-hydrogen) atoms. The van der Waals surface area contributed by atoms with Gasteiger partial charge in [-0.3, -0.25) is 14.3 Å². The summed E-state index contributed by atoms with van der Waals surface area (Å²) in [4.78, 5) is 28.0. The van der Waals surface area contributed by atoms with Gasteiger partial charge in [-0.25, -0.2) is 0 Å². The minimum absolute atomic E-state index is 0.0528. The number of hydrogen-bond donors (Lipinski definition) is 1. The van der Waals surface area contributed by atoms with Gasteiger partial charge < -0.3 is 15.1 Å². The first kappa shape index (κ1) is 19.2. The molecule has 0 aliphatic carbocycles. The smallest absolute Gasteiger partial charge is 0.253 e. The van der Waals surface area contributed by atoms with Gasteiger partial charge in [0.2, 0.25) is 5.91 Å². The van der Waals surface area contributed by atoms with Crippen molar-refractivity contribution in [3.05, 3.63) is 53.7 Å². The fourth-order valence-electron chi connectivity index (χ4n) is 3.33. The molecule has 8 heteroatoms. The monoisotopic (exact) mass is 378 g/mol. The van der Waals surface area contributed by atoms with Crippen LogP contribution in [0.15, 0.2) is 36.9 Å². The molecule has 2 amide bonds. The van der Waals surface area contributed by atoms with Crippen molar-refractivity contribution in [1.29, 1.82) is 5.26 Å². The molecule has 2 aromatic rings. The number of carbonyl (C=O) groups is 2. The van der Waals surface area contributed by atoms with Gasteiger partial charge in [0.25, 0.3) is 5.91 Å². The van der Waals surface area contributed by atoms with E-state index in [1.807, 2.05) is 14.0 Å². The number of piperazine rings is 1. The third-order valence-corrected chi connectivity index (χ3v) is 4.75. The predicted molar refractivity (Wildman–Crippen MR) is 106 cm³/mol. The molecule has 1 aliphatic heterocycles. The first-order chi connectivity index (χ1) is 13.4. The van der Waals surface area contributed by atoms with E-state index in [-0.39, 0.29) is 11.8 Å². The number of hydrogen-bond acceptors (Lipinski definition) is 5. The third-order valence-electron chi connectivity index (χ3n) is 4.75. The number of rotatable bonds is 4. The van der Waals surface area contributed by atoms with Gasteiger partial charge in [-0.2, -0.15) is 10.4 Å². The maximum absolute atomic E-state index is 12.8. The lowest BCUT2D eigenvalue weighted by Crippen LogP contribution is -2.49. The standard InChI is InChI=1S/C20H22N6O2/c1-4-18(27)22-16-7-5-15(6-8-16)20(28)26-11-9-25(10-12-26)19-17(13-21)14(2)23-24(19)3/h4-8H,1,9-12H2,2-3H3,(H,22,27). The number of nitrogens with zero attached hydrogens (tertiary/aromatic N) is 5. The molecule has 1 N–H and O–H groups in total. The summed E-state index contributed by atoms with van der Waals surface area (Å²) in [5.74, 6) is 0.453. The first-order valence-electron chi connectivity index (χ1n) is 8.96. The van der Waals surface area contributed by atoms with Crippen LogP contribution in [-0.2, 0) is 11.8 Å². The summed E-state index contributed by atoms with van der Waals surface area (Å²) in [5, 5.41) is 16.4. The number of anilines is 2. The molecule has 0 bridgehead atoms. The number of carbonyl (C=O) groups excluding carboxylic acids is 2. The highest BCUT2D eigenvalue weighted by atomic mass is 16.2. The van der Waals surface area contributed by atoms with E-state index in [0.29, 0.717) is 48.7 Å². The second kappa shape index (κ2) is 7.96. The zero-order chi connectivity index (χ0) is 20.3. The van der Waals surface area contributed by atoms with Crippen molar-refractivity contribution in [2.24, 2.45) is 7.05 Å². The van der Waals surface area contributed by atoms with Crippen LogP contribution < -0.4 is 10.2 Å². The van der Waals surface area contributed by atoms with Gasteiger partial charge >= 0.3 is 0 Å². The largest absolute Gasteiger partial charge is 0.352 e. The van der Waals surface area contributed by atoms with Crippen molar-refractivity contribution in [2.45, 2.75) is 6.92 Å². The summed E-state index contributed by atoms with van der Waals surface area (Å²) in [6.07, 6.45) is 1.19. The normalized spacial score (nSPS) is 13.8. The van der Waals surface area contributed by atoms with Crippen LogP contribution in [0.3, 0.4) is 0 Å². The molecule has 1 saturated heterocycles. The van der Waals surface area contributed by atoms with Gasteiger partial charge in [0.15, 0.2) is 0 Å². The van der Waals surface area contributed by atoms with Gasteiger partial charge in [0, 0.05) is 44.5 Å². The Morgan fingerprint density at radius 1 is 1.21 bits per heavy atom. The topological polar surface area (TPSA) is 94.3 Å². The highest BCUT2D eigenvalue weighted by molar-refractivity contribution is 5.99. The lowest BCUT2D eigenvalue weighted by atomic mass is 10.1. The van der Waals surface area contributed by atoms with Crippen molar-refractivity contribution in [3.63, 3.8) is 0 Å². The van der Waals surface area contributed by atoms with Crippen LogP contribution in [0.4, 0.5) is 11.5 Å². The van der Waals surface area contributed by atoms with Crippen LogP contribution in [0.25, 0.3) is 0 Å². The first-order valence-corrected chi connectivity index (χ1v) is 8.96. The molecular weight excluding hydrogens is 356 g/mol. The van der Waals surface area contributed by atoms with Crippen molar-refractivity contribution >= 4 is 23.3 Å². The Kier molecular flexibility index (Phi) is 5.45.